The summed E-state index contributed by atoms with van der Waals surface area (Å²) in [5.74, 6) is 0.922. The fraction of sp³-hybridized carbons (Fsp3) is 0.471. The highest BCUT2D eigenvalue weighted by Crippen LogP contribution is 2.33. The number of hydrogen-bond donors (Lipinski definition) is 1. The Kier molecular flexibility index (Phi) is 4.68. The monoisotopic (exact) mass is 287 g/mol. The number of aryl methyl sites for hydroxylation is 4. The predicted molar refractivity (Wildman–Crippen MR) is 86.0 cm³/mol. The summed E-state index contributed by atoms with van der Waals surface area (Å²) in [6.07, 6.45) is 0.939. The molecule has 2 rings (SSSR count). The van der Waals surface area contributed by atoms with Crippen molar-refractivity contribution in [2.75, 3.05) is 14.2 Å². The smallest absolute Gasteiger partial charge is 0.124 e. The Morgan fingerprint density at radius 2 is 2.00 bits per heavy atom. The van der Waals surface area contributed by atoms with Crippen molar-refractivity contribution in [1.29, 1.82) is 0 Å². The molecule has 114 valence electrons. The number of methoxy groups -OCH3 is 1. The molecule has 4 nitrogen and oxygen atoms in total. The first-order chi connectivity index (χ1) is 10.0. The molecule has 1 atom stereocenters. The standard InChI is InChI=1S/C17H25N3O/c1-7-13-10-14(20(5)19-13)17(18-4)16-12(3)8-11(2)9-15(16)21-6/h8-10,17-18H,7H2,1-6H3. The van der Waals surface area contributed by atoms with Gasteiger partial charge in [-0.1, -0.05) is 13.0 Å². The van der Waals surface area contributed by atoms with Gasteiger partial charge in [-0.3, -0.25) is 4.68 Å². The molecule has 1 N–H and O–H groups in total. The minimum absolute atomic E-state index is 0.0679. The molecule has 0 aliphatic rings. The van der Waals surface area contributed by atoms with E-state index in [0.29, 0.717) is 0 Å². The molecule has 0 saturated carbocycles. The summed E-state index contributed by atoms with van der Waals surface area (Å²) in [4.78, 5) is 0. The molecule has 1 unspecified atom stereocenters. The molecular formula is C17H25N3O. The molecule has 0 aliphatic carbocycles. The van der Waals surface area contributed by atoms with Crippen LogP contribution in [0.4, 0.5) is 0 Å². The lowest BCUT2D eigenvalue weighted by atomic mass is 9.95. The van der Waals surface area contributed by atoms with Gasteiger partial charge in [0.1, 0.15) is 5.75 Å². The van der Waals surface area contributed by atoms with Crippen LogP contribution >= 0.6 is 0 Å². The molecule has 21 heavy (non-hydrogen) atoms. The average molecular weight is 287 g/mol. The van der Waals surface area contributed by atoms with Gasteiger partial charge in [0.2, 0.25) is 0 Å². The summed E-state index contributed by atoms with van der Waals surface area (Å²) in [6.45, 7) is 6.34. The summed E-state index contributed by atoms with van der Waals surface area (Å²) >= 11 is 0. The molecule has 1 aromatic heterocycles. The predicted octanol–water partition coefficient (Wildman–Crippen LogP) is 2.92. The minimum atomic E-state index is 0.0679. The van der Waals surface area contributed by atoms with Crippen LogP contribution in [0.1, 0.15) is 41.0 Å². The highest BCUT2D eigenvalue weighted by atomic mass is 16.5. The van der Waals surface area contributed by atoms with Gasteiger partial charge in [0.15, 0.2) is 0 Å². The van der Waals surface area contributed by atoms with Gasteiger partial charge in [-0.05, 0) is 50.6 Å². The van der Waals surface area contributed by atoms with Crippen molar-refractivity contribution in [2.45, 2.75) is 33.2 Å². The zero-order valence-corrected chi connectivity index (χ0v) is 13.8. The quantitative estimate of drug-likeness (QED) is 0.919. The lowest BCUT2D eigenvalue weighted by molar-refractivity contribution is 0.403. The third-order valence-corrected chi connectivity index (χ3v) is 3.92. The summed E-state index contributed by atoms with van der Waals surface area (Å²) in [5, 5.41) is 7.97. The van der Waals surface area contributed by atoms with Gasteiger partial charge in [0.25, 0.3) is 0 Å². The largest absolute Gasteiger partial charge is 0.496 e. The van der Waals surface area contributed by atoms with Crippen LogP contribution in [0.2, 0.25) is 0 Å². The Hall–Kier alpha value is -1.81. The number of nitrogens with zero attached hydrogens (tertiary/aromatic N) is 2. The Morgan fingerprint density at radius 3 is 2.52 bits per heavy atom. The van der Waals surface area contributed by atoms with Crippen molar-refractivity contribution < 1.29 is 4.74 Å². The second-order valence-corrected chi connectivity index (χ2v) is 5.46. The van der Waals surface area contributed by atoms with Crippen molar-refractivity contribution in [3.05, 3.63) is 46.3 Å². The third-order valence-electron chi connectivity index (χ3n) is 3.92. The summed E-state index contributed by atoms with van der Waals surface area (Å²) in [7, 11) is 5.70. The van der Waals surface area contributed by atoms with Gasteiger partial charge in [-0.25, -0.2) is 0 Å². The molecule has 0 fully saturated rings. The molecule has 2 aromatic rings. The molecule has 4 heteroatoms. The van der Waals surface area contributed by atoms with E-state index in [9.17, 15) is 0 Å². The van der Waals surface area contributed by atoms with Crippen LogP contribution in [0.3, 0.4) is 0 Å². The number of aromatic nitrogens is 2. The van der Waals surface area contributed by atoms with Gasteiger partial charge in [0, 0.05) is 12.6 Å². The highest BCUT2D eigenvalue weighted by Gasteiger charge is 2.22. The van der Waals surface area contributed by atoms with Crippen LogP contribution in [0.5, 0.6) is 5.75 Å². The first-order valence-corrected chi connectivity index (χ1v) is 7.37. The van der Waals surface area contributed by atoms with Crippen molar-refractivity contribution in [1.82, 2.24) is 15.1 Å². The molecule has 0 bridgehead atoms. The lowest BCUT2D eigenvalue weighted by Crippen LogP contribution is -2.22. The van der Waals surface area contributed by atoms with Gasteiger partial charge in [-0.2, -0.15) is 5.10 Å². The van der Waals surface area contributed by atoms with E-state index in [1.165, 1.54) is 16.7 Å². The van der Waals surface area contributed by atoms with Crippen LogP contribution < -0.4 is 10.1 Å². The van der Waals surface area contributed by atoms with Gasteiger partial charge in [0.05, 0.1) is 24.5 Å². The Morgan fingerprint density at radius 1 is 1.29 bits per heavy atom. The fourth-order valence-corrected chi connectivity index (χ4v) is 2.91. The van der Waals surface area contributed by atoms with E-state index in [1.54, 1.807) is 7.11 Å². The molecule has 1 aromatic carbocycles. The molecule has 0 amide bonds. The van der Waals surface area contributed by atoms with Crippen molar-refractivity contribution >= 4 is 0 Å². The SMILES string of the molecule is CCc1cc(C(NC)c2c(C)cc(C)cc2OC)n(C)n1. The van der Waals surface area contributed by atoms with E-state index >= 15 is 0 Å². The van der Waals surface area contributed by atoms with Crippen molar-refractivity contribution in [2.24, 2.45) is 7.05 Å². The molecule has 0 radical (unpaired) electrons. The Bertz CT molecular complexity index is 631. The topological polar surface area (TPSA) is 39.1 Å². The first-order valence-electron chi connectivity index (χ1n) is 7.37. The van der Waals surface area contributed by atoms with Gasteiger partial charge in [-0.15, -0.1) is 0 Å². The van der Waals surface area contributed by atoms with E-state index in [0.717, 1.165) is 23.6 Å². The van der Waals surface area contributed by atoms with E-state index in [4.69, 9.17) is 4.74 Å². The second-order valence-electron chi connectivity index (χ2n) is 5.46. The van der Waals surface area contributed by atoms with Crippen molar-refractivity contribution in [3.8, 4) is 5.75 Å². The third kappa shape index (κ3) is 2.95. The summed E-state index contributed by atoms with van der Waals surface area (Å²) in [5.41, 5.74) is 5.87. The zero-order valence-electron chi connectivity index (χ0n) is 13.8. The van der Waals surface area contributed by atoms with Crippen LogP contribution in [0.25, 0.3) is 0 Å². The zero-order chi connectivity index (χ0) is 15.6. The summed E-state index contributed by atoms with van der Waals surface area (Å²) < 4.78 is 7.57. The van der Waals surface area contributed by atoms with E-state index in [-0.39, 0.29) is 6.04 Å². The second kappa shape index (κ2) is 6.31. The Labute approximate surface area is 127 Å². The van der Waals surface area contributed by atoms with E-state index in [1.807, 2.05) is 18.8 Å². The number of ether oxygens (including phenoxy) is 1. The molecule has 0 spiro atoms. The number of rotatable bonds is 5. The fourth-order valence-electron chi connectivity index (χ4n) is 2.91. The molecular weight excluding hydrogens is 262 g/mol. The highest BCUT2D eigenvalue weighted by molar-refractivity contribution is 5.48. The van der Waals surface area contributed by atoms with Crippen LogP contribution in [-0.2, 0) is 13.5 Å². The first kappa shape index (κ1) is 15.6. The maximum absolute atomic E-state index is 5.61. The van der Waals surface area contributed by atoms with Crippen LogP contribution in [0, 0.1) is 13.8 Å². The summed E-state index contributed by atoms with van der Waals surface area (Å²) in [6, 6.07) is 6.52. The van der Waals surface area contributed by atoms with Gasteiger partial charge < -0.3 is 10.1 Å². The maximum atomic E-state index is 5.61. The number of nitrogens with one attached hydrogen (secondary N) is 1. The maximum Gasteiger partial charge on any atom is 0.124 e. The average Bonchev–Trinajstić information content (AvgIpc) is 2.82. The lowest BCUT2D eigenvalue weighted by Gasteiger charge is -2.22. The van der Waals surface area contributed by atoms with Crippen LogP contribution in [-0.4, -0.2) is 23.9 Å². The molecule has 0 aliphatic heterocycles. The molecule has 0 saturated heterocycles. The molecule has 1 heterocycles. The van der Waals surface area contributed by atoms with E-state index < -0.39 is 0 Å². The number of hydrogen-bond acceptors (Lipinski definition) is 3. The van der Waals surface area contributed by atoms with Crippen molar-refractivity contribution in [3.63, 3.8) is 0 Å². The van der Waals surface area contributed by atoms with Gasteiger partial charge >= 0.3 is 0 Å². The minimum Gasteiger partial charge on any atom is -0.496 e. The van der Waals surface area contributed by atoms with Crippen LogP contribution in [0.15, 0.2) is 18.2 Å². The Balaban J connectivity index is 2.58. The van der Waals surface area contributed by atoms with E-state index in [2.05, 4.69) is 49.4 Å². The number of benzene rings is 1. The normalized spacial score (nSPS) is 12.5.